The number of benzene rings is 1. The standard InChI is InChI=1S/C22H30F2O/c1-3-4-15-5-7-16(8-6-15)17-9-11-18(12-10-17)19-13-14-20(25-2)22(24)21(19)23/h11,13-17H,3-10,12H2,1-2H3. The lowest BCUT2D eigenvalue weighted by Gasteiger charge is -2.35. The SMILES string of the molecule is CCCC1CCC(C2CC=C(c3ccc(OC)c(F)c3F)CC2)CC1. The van der Waals surface area contributed by atoms with Crippen LogP contribution in [0, 0.1) is 29.4 Å². The maximum absolute atomic E-state index is 14.3. The Balaban J connectivity index is 1.63. The van der Waals surface area contributed by atoms with Crippen molar-refractivity contribution in [1.82, 2.24) is 0 Å². The number of methoxy groups -OCH3 is 1. The Morgan fingerprint density at radius 1 is 1.00 bits per heavy atom. The fourth-order valence-electron chi connectivity index (χ4n) is 4.82. The van der Waals surface area contributed by atoms with Gasteiger partial charge in [0.05, 0.1) is 7.11 Å². The van der Waals surface area contributed by atoms with Crippen molar-refractivity contribution >= 4 is 5.57 Å². The summed E-state index contributed by atoms with van der Waals surface area (Å²) in [5.74, 6) is 0.800. The van der Waals surface area contributed by atoms with Crippen molar-refractivity contribution < 1.29 is 13.5 Å². The molecule has 0 spiro atoms. The number of hydrogen-bond acceptors (Lipinski definition) is 1. The van der Waals surface area contributed by atoms with Crippen molar-refractivity contribution in [1.29, 1.82) is 0 Å². The van der Waals surface area contributed by atoms with Gasteiger partial charge in [-0.15, -0.1) is 0 Å². The van der Waals surface area contributed by atoms with E-state index >= 15 is 0 Å². The Labute approximate surface area is 150 Å². The summed E-state index contributed by atoms with van der Waals surface area (Å²) >= 11 is 0. The highest BCUT2D eigenvalue weighted by Gasteiger charge is 2.29. The van der Waals surface area contributed by atoms with E-state index in [0.717, 1.165) is 42.6 Å². The van der Waals surface area contributed by atoms with E-state index in [1.54, 1.807) is 6.07 Å². The lowest BCUT2D eigenvalue weighted by Crippen LogP contribution is -2.23. The Morgan fingerprint density at radius 2 is 1.76 bits per heavy atom. The quantitative estimate of drug-likeness (QED) is 0.571. The zero-order valence-corrected chi connectivity index (χ0v) is 15.5. The minimum absolute atomic E-state index is 0.0284. The van der Waals surface area contributed by atoms with Gasteiger partial charge in [-0.05, 0) is 67.6 Å². The second-order valence-electron chi connectivity index (χ2n) is 7.78. The largest absolute Gasteiger partial charge is 0.494 e. The number of allylic oxidation sites excluding steroid dienone is 2. The first-order valence-corrected chi connectivity index (χ1v) is 9.85. The van der Waals surface area contributed by atoms with E-state index in [4.69, 9.17) is 4.74 Å². The van der Waals surface area contributed by atoms with Gasteiger partial charge in [0.15, 0.2) is 11.6 Å². The van der Waals surface area contributed by atoms with Crippen molar-refractivity contribution in [3.63, 3.8) is 0 Å². The van der Waals surface area contributed by atoms with Gasteiger partial charge in [0.1, 0.15) is 0 Å². The lowest BCUT2D eigenvalue weighted by atomic mass is 9.70. The minimum Gasteiger partial charge on any atom is -0.494 e. The van der Waals surface area contributed by atoms with Gasteiger partial charge in [0.25, 0.3) is 0 Å². The summed E-state index contributed by atoms with van der Waals surface area (Å²) in [5, 5.41) is 0. The Bertz CT molecular complexity index is 615. The molecule has 0 bridgehead atoms. The molecule has 1 aromatic rings. The zero-order chi connectivity index (χ0) is 17.8. The third kappa shape index (κ3) is 4.07. The summed E-state index contributed by atoms with van der Waals surface area (Å²) in [6, 6.07) is 3.18. The topological polar surface area (TPSA) is 9.23 Å². The lowest BCUT2D eigenvalue weighted by molar-refractivity contribution is 0.189. The van der Waals surface area contributed by atoms with E-state index in [2.05, 4.69) is 13.0 Å². The van der Waals surface area contributed by atoms with Crippen LogP contribution in [-0.4, -0.2) is 7.11 Å². The van der Waals surface area contributed by atoms with Crippen molar-refractivity contribution in [2.45, 2.75) is 64.7 Å². The van der Waals surface area contributed by atoms with Crippen LogP contribution >= 0.6 is 0 Å². The van der Waals surface area contributed by atoms with E-state index in [-0.39, 0.29) is 5.75 Å². The first-order valence-electron chi connectivity index (χ1n) is 9.85. The molecule has 25 heavy (non-hydrogen) atoms. The molecule has 2 aliphatic carbocycles. The summed E-state index contributed by atoms with van der Waals surface area (Å²) in [4.78, 5) is 0. The molecule has 3 rings (SSSR count). The van der Waals surface area contributed by atoms with Gasteiger partial charge in [-0.2, -0.15) is 4.39 Å². The molecule has 0 N–H and O–H groups in total. The average Bonchev–Trinajstić information content (AvgIpc) is 2.65. The van der Waals surface area contributed by atoms with Crippen molar-refractivity contribution in [2.24, 2.45) is 17.8 Å². The number of rotatable bonds is 5. The van der Waals surface area contributed by atoms with Crippen molar-refractivity contribution in [2.75, 3.05) is 7.11 Å². The van der Waals surface area contributed by atoms with Gasteiger partial charge in [0.2, 0.25) is 5.82 Å². The van der Waals surface area contributed by atoms with Crippen LogP contribution in [-0.2, 0) is 0 Å². The minimum atomic E-state index is -0.878. The second kappa shape index (κ2) is 8.33. The van der Waals surface area contributed by atoms with E-state index in [9.17, 15) is 8.78 Å². The molecule has 2 aliphatic rings. The molecule has 1 atom stereocenters. The smallest absolute Gasteiger partial charge is 0.201 e. The predicted octanol–water partition coefficient (Wildman–Crippen LogP) is 6.76. The number of ether oxygens (including phenoxy) is 1. The van der Waals surface area contributed by atoms with Crippen LogP contribution in [0.25, 0.3) is 5.57 Å². The van der Waals surface area contributed by atoms with Crippen molar-refractivity contribution in [3.8, 4) is 5.75 Å². The van der Waals surface area contributed by atoms with Crippen LogP contribution in [0.5, 0.6) is 5.75 Å². The molecule has 138 valence electrons. The Kier molecular flexibility index (Phi) is 6.14. The molecule has 1 unspecified atom stereocenters. The van der Waals surface area contributed by atoms with Gasteiger partial charge in [-0.3, -0.25) is 0 Å². The highest BCUT2D eigenvalue weighted by atomic mass is 19.2. The summed E-state index contributed by atoms with van der Waals surface area (Å²) in [6.07, 6.45) is 13.2. The molecule has 1 nitrogen and oxygen atoms in total. The van der Waals surface area contributed by atoms with Crippen LogP contribution in [0.3, 0.4) is 0 Å². The molecular weight excluding hydrogens is 318 g/mol. The highest BCUT2D eigenvalue weighted by molar-refractivity contribution is 5.67. The average molecular weight is 348 g/mol. The molecular formula is C22H30F2O. The molecule has 1 saturated carbocycles. The molecule has 0 saturated heterocycles. The Hall–Kier alpha value is -1.38. The second-order valence-corrected chi connectivity index (χ2v) is 7.78. The first kappa shape index (κ1) is 18.4. The van der Waals surface area contributed by atoms with Gasteiger partial charge in [-0.1, -0.05) is 38.7 Å². The summed E-state index contributed by atoms with van der Waals surface area (Å²) < 4.78 is 33.1. The van der Waals surface area contributed by atoms with Gasteiger partial charge in [-0.25, -0.2) is 4.39 Å². The van der Waals surface area contributed by atoms with Gasteiger partial charge in [0, 0.05) is 5.56 Å². The maximum atomic E-state index is 14.3. The molecule has 1 fully saturated rings. The monoisotopic (exact) mass is 348 g/mol. The van der Waals surface area contributed by atoms with E-state index < -0.39 is 11.6 Å². The van der Waals surface area contributed by atoms with Crippen LogP contribution in [0.1, 0.15) is 70.3 Å². The summed E-state index contributed by atoms with van der Waals surface area (Å²) in [6.45, 7) is 2.28. The summed E-state index contributed by atoms with van der Waals surface area (Å²) in [5.41, 5.74) is 1.36. The molecule has 0 aliphatic heterocycles. The highest BCUT2D eigenvalue weighted by Crippen LogP contribution is 2.42. The third-order valence-corrected chi connectivity index (χ3v) is 6.32. The number of hydrogen-bond donors (Lipinski definition) is 0. The van der Waals surface area contributed by atoms with Crippen LogP contribution in [0.15, 0.2) is 18.2 Å². The molecule has 0 radical (unpaired) electrons. The summed E-state index contributed by atoms with van der Waals surface area (Å²) in [7, 11) is 1.36. The van der Waals surface area contributed by atoms with E-state index in [1.807, 2.05) is 0 Å². The van der Waals surface area contributed by atoms with Crippen LogP contribution < -0.4 is 4.74 Å². The first-order chi connectivity index (χ1) is 12.1. The van der Waals surface area contributed by atoms with Crippen molar-refractivity contribution in [3.05, 3.63) is 35.4 Å². The molecule has 0 aromatic heterocycles. The van der Waals surface area contributed by atoms with Crippen LogP contribution in [0.2, 0.25) is 0 Å². The fraction of sp³-hybridized carbons (Fsp3) is 0.636. The van der Waals surface area contributed by atoms with E-state index in [0.29, 0.717) is 5.56 Å². The third-order valence-electron chi connectivity index (χ3n) is 6.32. The fourth-order valence-corrected chi connectivity index (χ4v) is 4.82. The Morgan fingerprint density at radius 3 is 2.36 bits per heavy atom. The molecule has 3 heteroatoms. The maximum Gasteiger partial charge on any atom is 0.201 e. The van der Waals surface area contributed by atoms with E-state index in [1.165, 1.54) is 51.7 Å². The van der Waals surface area contributed by atoms with Gasteiger partial charge < -0.3 is 4.74 Å². The molecule has 0 heterocycles. The van der Waals surface area contributed by atoms with Gasteiger partial charge >= 0.3 is 0 Å². The number of halogens is 2. The molecule has 0 amide bonds. The normalized spacial score (nSPS) is 27.0. The predicted molar refractivity (Wildman–Crippen MR) is 98.6 cm³/mol. The van der Waals surface area contributed by atoms with Crippen LogP contribution in [0.4, 0.5) is 8.78 Å². The molecule has 1 aromatic carbocycles. The zero-order valence-electron chi connectivity index (χ0n) is 15.5.